The highest BCUT2D eigenvalue weighted by molar-refractivity contribution is 5.25. The van der Waals surface area contributed by atoms with Gasteiger partial charge in [-0.3, -0.25) is 0 Å². The van der Waals surface area contributed by atoms with E-state index in [2.05, 4.69) is 52.0 Å². The molecule has 0 spiro atoms. The van der Waals surface area contributed by atoms with Crippen molar-refractivity contribution in [1.29, 1.82) is 0 Å². The fourth-order valence-electron chi connectivity index (χ4n) is 1.96. The summed E-state index contributed by atoms with van der Waals surface area (Å²) in [6.45, 7) is 8.85. The number of hydrogen-bond acceptors (Lipinski definition) is 1. The van der Waals surface area contributed by atoms with Crippen molar-refractivity contribution in [2.24, 2.45) is 11.7 Å². The van der Waals surface area contributed by atoms with Crippen molar-refractivity contribution in [3.63, 3.8) is 0 Å². The smallest absolute Gasteiger partial charge is 0.00650 e. The van der Waals surface area contributed by atoms with E-state index in [0.717, 1.165) is 12.8 Å². The summed E-state index contributed by atoms with van der Waals surface area (Å²) in [4.78, 5) is 0. The minimum atomic E-state index is 0.324. The molecule has 0 saturated carbocycles. The lowest BCUT2D eigenvalue weighted by Gasteiger charge is -2.18. The Labute approximate surface area is 100 Å². The molecule has 1 rings (SSSR count). The summed E-state index contributed by atoms with van der Waals surface area (Å²) in [7, 11) is 0. The van der Waals surface area contributed by atoms with Gasteiger partial charge in [0.2, 0.25) is 0 Å². The van der Waals surface area contributed by atoms with E-state index in [9.17, 15) is 0 Å². The molecule has 1 aromatic rings. The monoisotopic (exact) mass is 219 g/mol. The first-order chi connectivity index (χ1) is 7.54. The normalized spacial score (nSPS) is 15.1. The highest BCUT2D eigenvalue weighted by Crippen LogP contribution is 2.17. The van der Waals surface area contributed by atoms with E-state index in [1.807, 2.05) is 0 Å². The van der Waals surface area contributed by atoms with E-state index < -0.39 is 0 Å². The fourth-order valence-corrected chi connectivity index (χ4v) is 1.96. The SMILES string of the molecule is CCC(N)C(C)Cc1ccc(C(C)C)cc1. The lowest BCUT2D eigenvalue weighted by atomic mass is 9.92. The van der Waals surface area contributed by atoms with Gasteiger partial charge in [-0.05, 0) is 35.8 Å². The zero-order valence-corrected chi connectivity index (χ0v) is 11.0. The molecule has 0 fully saturated rings. The van der Waals surface area contributed by atoms with Crippen LogP contribution in [0.15, 0.2) is 24.3 Å². The van der Waals surface area contributed by atoms with Gasteiger partial charge in [-0.1, -0.05) is 52.0 Å². The van der Waals surface area contributed by atoms with Crippen LogP contribution in [0.5, 0.6) is 0 Å². The second-order valence-electron chi connectivity index (χ2n) is 5.15. The van der Waals surface area contributed by atoms with E-state index in [1.54, 1.807) is 0 Å². The number of benzene rings is 1. The Kier molecular flexibility index (Phi) is 5.01. The Bertz CT molecular complexity index is 300. The number of hydrogen-bond donors (Lipinski definition) is 1. The first kappa shape index (κ1) is 13.2. The summed E-state index contributed by atoms with van der Waals surface area (Å²) in [5.41, 5.74) is 8.86. The van der Waals surface area contributed by atoms with Gasteiger partial charge in [0.05, 0.1) is 0 Å². The first-order valence-corrected chi connectivity index (χ1v) is 6.39. The minimum absolute atomic E-state index is 0.324. The molecule has 0 saturated heterocycles. The van der Waals surface area contributed by atoms with Crippen molar-refractivity contribution in [3.8, 4) is 0 Å². The Hall–Kier alpha value is -0.820. The third kappa shape index (κ3) is 3.64. The van der Waals surface area contributed by atoms with Crippen LogP contribution in [0.25, 0.3) is 0 Å². The van der Waals surface area contributed by atoms with Crippen molar-refractivity contribution in [3.05, 3.63) is 35.4 Å². The van der Waals surface area contributed by atoms with Gasteiger partial charge >= 0.3 is 0 Å². The van der Waals surface area contributed by atoms with Crippen LogP contribution in [0.3, 0.4) is 0 Å². The van der Waals surface area contributed by atoms with Crippen LogP contribution < -0.4 is 5.73 Å². The molecule has 0 bridgehead atoms. The molecule has 1 nitrogen and oxygen atoms in total. The van der Waals surface area contributed by atoms with Crippen LogP contribution in [-0.2, 0) is 6.42 Å². The third-order valence-electron chi connectivity index (χ3n) is 3.41. The van der Waals surface area contributed by atoms with Crippen LogP contribution in [0.4, 0.5) is 0 Å². The summed E-state index contributed by atoms with van der Waals surface area (Å²) in [6.07, 6.45) is 2.15. The molecule has 0 heterocycles. The fraction of sp³-hybridized carbons (Fsp3) is 0.600. The van der Waals surface area contributed by atoms with Crippen LogP contribution in [0, 0.1) is 5.92 Å². The van der Waals surface area contributed by atoms with E-state index in [0.29, 0.717) is 17.9 Å². The summed E-state index contributed by atoms with van der Waals surface area (Å²) >= 11 is 0. The van der Waals surface area contributed by atoms with Crippen molar-refractivity contribution in [2.45, 2.75) is 52.5 Å². The highest BCUT2D eigenvalue weighted by atomic mass is 14.6. The van der Waals surface area contributed by atoms with Crippen LogP contribution >= 0.6 is 0 Å². The van der Waals surface area contributed by atoms with E-state index in [-0.39, 0.29) is 0 Å². The van der Waals surface area contributed by atoms with E-state index in [4.69, 9.17) is 5.73 Å². The minimum Gasteiger partial charge on any atom is -0.327 e. The molecule has 16 heavy (non-hydrogen) atoms. The van der Waals surface area contributed by atoms with Crippen LogP contribution in [0.1, 0.15) is 51.2 Å². The summed E-state index contributed by atoms with van der Waals surface area (Å²) < 4.78 is 0. The van der Waals surface area contributed by atoms with Gasteiger partial charge in [-0.2, -0.15) is 0 Å². The summed E-state index contributed by atoms with van der Waals surface area (Å²) in [6, 6.07) is 9.29. The molecule has 2 atom stereocenters. The lowest BCUT2D eigenvalue weighted by Crippen LogP contribution is -2.28. The zero-order valence-electron chi connectivity index (χ0n) is 11.0. The van der Waals surface area contributed by atoms with Crippen LogP contribution in [-0.4, -0.2) is 6.04 Å². The molecule has 2 unspecified atom stereocenters. The first-order valence-electron chi connectivity index (χ1n) is 6.39. The second-order valence-corrected chi connectivity index (χ2v) is 5.15. The van der Waals surface area contributed by atoms with Gasteiger partial charge in [0.25, 0.3) is 0 Å². The third-order valence-corrected chi connectivity index (χ3v) is 3.41. The van der Waals surface area contributed by atoms with Gasteiger partial charge in [0, 0.05) is 6.04 Å². The van der Waals surface area contributed by atoms with Crippen molar-refractivity contribution in [1.82, 2.24) is 0 Å². The Morgan fingerprint density at radius 2 is 1.62 bits per heavy atom. The molecular formula is C15H25N. The van der Waals surface area contributed by atoms with Crippen molar-refractivity contribution in [2.75, 3.05) is 0 Å². The summed E-state index contributed by atoms with van der Waals surface area (Å²) in [5.74, 6) is 1.18. The van der Waals surface area contributed by atoms with Crippen molar-refractivity contribution >= 4 is 0 Å². The van der Waals surface area contributed by atoms with Gasteiger partial charge in [0.15, 0.2) is 0 Å². The predicted molar refractivity (Wildman–Crippen MR) is 71.7 cm³/mol. The van der Waals surface area contributed by atoms with Crippen LogP contribution in [0.2, 0.25) is 0 Å². The maximum atomic E-state index is 6.04. The molecule has 1 aromatic carbocycles. The van der Waals surface area contributed by atoms with E-state index >= 15 is 0 Å². The average Bonchev–Trinajstić information content (AvgIpc) is 2.28. The lowest BCUT2D eigenvalue weighted by molar-refractivity contribution is 0.442. The Morgan fingerprint density at radius 1 is 1.06 bits per heavy atom. The molecule has 0 aliphatic rings. The maximum Gasteiger partial charge on any atom is 0.00650 e. The molecule has 0 aliphatic heterocycles. The maximum absolute atomic E-state index is 6.04. The molecule has 0 aromatic heterocycles. The number of rotatable bonds is 5. The Balaban J connectivity index is 2.61. The molecule has 1 heteroatoms. The predicted octanol–water partition coefficient (Wildman–Crippen LogP) is 3.73. The molecule has 0 radical (unpaired) electrons. The van der Waals surface area contributed by atoms with Gasteiger partial charge in [-0.15, -0.1) is 0 Å². The quantitative estimate of drug-likeness (QED) is 0.802. The summed E-state index contributed by atoms with van der Waals surface area (Å²) in [5, 5.41) is 0. The zero-order chi connectivity index (χ0) is 12.1. The molecule has 2 N–H and O–H groups in total. The molecule has 0 amide bonds. The Morgan fingerprint density at radius 3 is 2.06 bits per heavy atom. The van der Waals surface area contributed by atoms with Gasteiger partial charge in [-0.25, -0.2) is 0 Å². The molecule has 90 valence electrons. The average molecular weight is 219 g/mol. The van der Waals surface area contributed by atoms with Gasteiger partial charge in [0.1, 0.15) is 0 Å². The highest BCUT2D eigenvalue weighted by Gasteiger charge is 2.11. The topological polar surface area (TPSA) is 26.0 Å². The largest absolute Gasteiger partial charge is 0.327 e. The van der Waals surface area contributed by atoms with Crippen molar-refractivity contribution < 1.29 is 0 Å². The van der Waals surface area contributed by atoms with Gasteiger partial charge < -0.3 is 5.73 Å². The molecular weight excluding hydrogens is 194 g/mol. The molecule has 0 aliphatic carbocycles. The second kappa shape index (κ2) is 6.05. The van der Waals surface area contributed by atoms with E-state index in [1.165, 1.54) is 11.1 Å². The number of nitrogens with two attached hydrogens (primary N) is 1. The standard InChI is InChI=1S/C15H25N/c1-5-15(16)12(4)10-13-6-8-14(9-7-13)11(2)3/h6-9,11-12,15H,5,10,16H2,1-4H3.